The van der Waals surface area contributed by atoms with Crippen molar-refractivity contribution in [3.63, 3.8) is 0 Å². The van der Waals surface area contributed by atoms with Crippen molar-refractivity contribution >= 4 is 34.4 Å². The summed E-state index contributed by atoms with van der Waals surface area (Å²) in [6.45, 7) is 5.01. The molecule has 0 aromatic carbocycles. The molecule has 5 atom stereocenters. The zero-order valence-corrected chi connectivity index (χ0v) is 21.5. The Balaban J connectivity index is 1.40. The third-order valence-electron chi connectivity index (χ3n) is 7.32. The van der Waals surface area contributed by atoms with Gasteiger partial charge in [-0.3, -0.25) is 4.79 Å². The summed E-state index contributed by atoms with van der Waals surface area (Å²) < 4.78 is 35.5. The standard InChI is InChI=1S/C26H33F2N7O3/c1-3-15(2)35-12-17(25(37)31-20-6-9-38-14-19(20)28)16-11-30-24(10-21(16)35)32-23-4-7-29-26(33-23)34-8-5-22(36)18(27)13-34/h4,7,10-12,15,18-20,22,36H,3,5-6,8-9,13-14H2,1-2H3,(H,31,37)(H,29,30,32,33)/t15?,18-,19-,20-,22+/m0/s1. The fraction of sp³-hybridized carbons (Fsp3) is 0.538. The molecule has 2 fully saturated rings. The number of amides is 1. The molecule has 12 heteroatoms. The van der Waals surface area contributed by atoms with Crippen LogP contribution < -0.4 is 15.5 Å². The first kappa shape index (κ1) is 26.2. The SMILES string of the molecule is CCC(C)n1cc(C(=O)N[C@H]2CCOC[C@@H]2F)c2cnc(Nc3ccnc(N4CC[C@@H](O)[C@@H](F)C4)n3)cc21. The van der Waals surface area contributed by atoms with Gasteiger partial charge in [0.25, 0.3) is 5.91 Å². The second-order valence-corrected chi connectivity index (χ2v) is 9.94. The number of halogens is 2. The van der Waals surface area contributed by atoms with Gasteiger partial charge in [-0.1, -0.05) is 6.92 Å². The first-order chi connectivity index (χ1) is 18.3. The number of carbonyl (C=O) groups is 1. The number of fused-ring (bicyclic) bond motifs is 1. The highest BCUT2D eigenvalue weighted by atomic mass is 19.1. The topological polar surface area (TPSA) is 117 Å². The van der Waals surface area contributed by atoms with Crippen LogP contribution in [-0.4, -0.2) is 81.3 Å². The maximum absolute atomic E-state index is 14.3. The first-order valence-electron chi connectivity index (χ1n) is 13.0. The summed E-state index contributed by atoms with van der Waals surface area (Å²) in [5.74, 6) is 1.03. The number of aliphatic hydroxyl groups excluding tert-OH is 1. The predicted molar refractivity (Wildman–Crippen MR) is 139 cm³/mol. The Labute approximate surface area is 219 Å². The highest BCUT2D eigenvalue weighted by molar-refractivity contribution is 6.07. The highest BCUT2D eigenvalue weighted by Gasteiger charge is 2.30. The smallest absolute Gasteiger partial charge is 0.253 e. The van der Waals surface area contributed by atoms with Crippen LogP contribution in [0, 0.1) is 0 Å². The zero-order chi connectivity index (χ0) is 26.8. The summed E-state index contributed by atoms with van der Waals surface area (Å²) in [7, 11) is 0. The van der Waals surface area contributed by atoms with Gasteiger partial charge in [-0.05, 0) is 32.3 Å². The average Bonchev–Trinajstić information content (AvgIpc) is 3.30. The molecule has 5 rings (SSSR count). The fourth-order valence-electron chi connectivity index (χ4n) is 4.84. The van der Waals surface area contributed by atoms with Gasteiger partial charge >= 0.3 is 0 Å². The van der Waals surface area contributed by atoms with E-state index in [4.69, 9.17) is 4.74 Å². The summed E-state index contributed by atoms with van der Waals surface area (Å²) in [6.07, 6.45) is 3.03. The zero-order valence-electron chi connectivity index (χ0n) is 21.5. The lowest BCUT2D eigenvalue weighted by Crippen LogP contribution is -2.46. The lowest BCUT2D eigenvalue weighted by molar-refractivity contribution is 0.0142. The Bertz CT molecular complexity index is 1290. The molecule has 1 unspecified atom stereocenters. The van der Waals surface area contributed by atoms with Crippen molar-refractivity contribution in [2.45, 2.75) is 63.6 Å². The fourth-order valence-corrected chi connectivity index (χ4v) is 4.84. The van der Waals surface area contributed by atoms with Crippen LogP contribution in [0.15, 0.2) is 30.7 Å². The van der Waals surface area contributed by atoms with Crippen LogP contribution in [-0.2, 0) is 4.74 Å². The molecule has 5 heterocycles. The molecule has 0 spiro atoms. The number of anilines is 3. The number of nitrogens with zero attached hydrogens (tertiary/aromatic N) is 5. The second-order valence-electron chi connectivity index (χ2n) is 9.94. The number of hydrogen-bond donors (Lipinski definition) is 3. The first-order valence-corrected chi connectivity index (χ1v) is 13.0. The van der Waals surface area contributed by atoms with E-state index in [2.05, 4.69) is 39.4 Å². The number of pyridine rings is 1. The number of aliphatic hydroxyl groups is 1. The molecule has 10 nitrogen and oxygen atoms in total. The van der Waals surface area contributed by atoms with Crippen LogP contribution in [0.1, 0.15) is 49.5 Å². The molecule has 1 amide bonds. The second kappa shape index (κ2) is 11.2. The van der Waals surface area contributed by atoms with E-state index in [1.54, 1.807) is 29.6 Å². The molecule has 0 saturated carbocycles. The number of nitrogens with one attached hydrogen (secondary N) is 2. The lowest BCUT2D eigenvalue weighted by Gasteiger charge is -2.32. The number of carbonyl (C=O) groups excluding carboxylic acids is 1. The van der Waals surface area contributed by atoms with Gasteiger partial charge in [-0.15, -0.1) is 0 Å². The van der Waals surface area contributed by atoms with Gasteiger partial charge in [0.15, 0.2) is 0 Å². The molecule has 3 N–H and O–H groups in total. The lowest BCUT2D eigenvalue weighted by atomic mass is 10.1. The number of alkyl halides is 2. The number of piperidine rings is 1. The third kappa shape index (κ3) is 5.41. The number of ether oxygens (including phenoxy) is 1. The monoisotopic (exact) mass is 529 g/mol. The Kier molecular flexibility index (Phi) is 7.70. The molecule has 0 aliphatic carbocycles. The maximum Gasteiger partial charge on any atom is 0.253 e. The van der Waals surface area contributed by atoms with Crippen molar-refractivity contribution in [2.75, 3.05) is 36.5 Å². The summed E-state index contributed by atoms with van der Waals surface area (Å²) in [6, 6.07) is 3.06. The maximum atomic E-state index is 14.3. The third-order valence-corrected chi connectivity index (χ3v) is 7.32. The quantitative estimate of drug-likeness (QED) is 0.427. The van der Waals surface area contributed by atoms with E-state index in [0.29, 0.717) is 54.5 Å². The molecule has 2 saturated heterocycles. The highest BCUT2D eigenvalue weighted by Crippen LogP contribution is 2.29. The summed E-state index contributed by atoms with van der Waals surface area (Å²) >= 11 is 0. The molecule has 3 aromatic heterocycles. The normalized spacial score (nSPS) is 24.8. The summed E-state index contributed by atoms with van der Waals surface area (Å²) in [5, 5.41) is 16.4. The number of rotatable bonds is 7. The molecular weight excluding hydrogens is 496 g/mol. The Morgan fingerprint density at radius 1 is 1.26 bits per heavy atom. The Morgan fingerprint density at radius 2 is 2.11 bits per heavy atom. The van der Waals surface area contributed by atoms with Crippen molar-refractivity contribution < 1.29 is 23.4 Å². The predicted octanol–water partition coefficient (Wildman–Crippen LogP) is 3.31. The summed E-state index contributed by atoms with van der Waals surface area (Å²) in [4.78, 5) is 28.1. The van der Waals surface area contributed by atoms with Crippen LogP contribution >= 0.6 is 0 Å². The van der Waals surface area contributed by atoms with Gasteiger partial charge in [0, 0.05) is 49.2 Å². The van der Waals surface area contributed by atoms with Crippen LogP contribution in [0.5, 0.6) is 0 Å². The molecule has 3 aromatic rings. The molecule has 38 heavy (non-hydrogen) atoms. The Hall–Kier alpha value is -3.38. The average molecular weight is 530 g/mol. The van der Waals surface area contributed by atoms with Gasteiger partial charge < -0.3 is 29.9 Å². The van der Waals surface area contributed by atoms with Crippen LogP contribution in [0.2, 0.25) is 0 Å². The van der Waals surface area contributed by atoms with Crippen molar-refractivity contribution in [2.24, 2.45) is 0 Å². The molecule has 0 bridgehead atoms. The van der Waals surface area contributed by atoms with E-state index >= 15 is 0 Å². The van der Waals surface area contributed by atoms with Crippen molar-refractivity contribution in [1.82, 2.24) is 24.8 Å². The van der Waals surface area contributed by atoms with E-state index < -0.39 is 24.5 Å². The van der Waals surface area contributed by atoms with Gasteiger partial charge in [0.2, 0.25) is 5.95 Å². The van der Waals surface area contributed by atoms with Crippen LogP contribution in [0.4, 0.5) is 26.4 Å². The minimum atomic E-state index is -1.35. The van der Waals surface area contributed by atoms with E-state index in [1.165, 1.54) is 0 Å². The molecule has 0 radical (unpaired) electrons. The molecule has 204 valence electrons. The Morgan fingerprint density at radius 3 is 2.87 bits per heavy atom. The summed E-state index contributed by atoms with van der Waals surface area (Å²) in [5.41, 5.74) is 1.25. The minimum Gasteiger partial charge on any atom is -0.390 e. The molecule has 2 aliphatic rings. The van der Waals surface area contributed by atoms with Crippen molar-refractivity contribution in [3.05, 3.63) is 36.3 Å². The van der Waals surface area contributed by atoms with E-state index in [9.17, 15) is 18.7 Å². The van der Waals surface area contributed by atoms with E-state index in [-0.39, 0.29) is 25.1 Å². The molecule has 2 aliphatic heterocycles. The van der Waals surface area contributed by atoms with Gasteiger partial charge in [-0.25, -0.2) is 18.7 Å². The van der Waals surface area contributed by atoms with Crippen molar-refractivity contribution in [3.8, 4) is 0 Å². The van der Waals surface area contributed by atoms with Crippen LogP contribution in [0.25, 0.3) is 10.9 Å². The number of hydrogen-bond acceptors (Lipinski definition) is 8. The van der Waals surface area contributed by atoms with Crippen molar-refractivity contribution in [1.29, 1.82) is 0 Å². The molecular formula is C26H33F2N7O3. The number of aromatic nitrogens is 4. The van der Waals surface area contributed by atoms with Crippen LogP contribution in [0.3, 0.4) is 0 Å². The van der Waals surface area contributed by atoms with Gasteiger partial charge in [-0.2, -0.15) is 4.98 Å². The minimum absolute atomic E-state index is 0.0189. The van der Waals surface area contributed by atoms with Gasteiger partial charge in [0.05, 0.1) is 36.4 Å². The van der Waals surface area contributed by atoms with Gasteiger partial charge in [0.1, 0.15) is 24.0 Å². The van der Waals surface area contributed by atoms with E-state index in [1.807, 2.05) is 10.6 Å². The van der Waals surface area contributed by atoms with E-state index in [0.717, 1.165) is 11.9 Å². The largest absolute Gasteiger partial charge is 0.390 e.